The summed E-state index contributed by atoms with van der Waals surface area (Å²) in [5, 5.41) is 2.85. The van der Waals surface area contributed by atoms with Crippen LogP contribution in [0.5, 0.6) is 5.75 Å². The summed E-state index contributed by atoms with van der Waals surface area (Å²) in [7, 11) is 1.69. The standard InChI is InChI=1S/C27H30F3N3O4/c1-32-23(11-13-25(32)35)26(36)33-16-14-20(15-17-33)19-5-7-21(8-6-19)31-24(34)12-4-18-2-9-22(10-3-18)37-27(28,29)30/h2-3,5-10,20,23H,4,11-17H2,1H3,(H,31,34)/t23-/m0/s1. The van der Waals surface area contributed by atoms with E-state index in [4.69, 9.17) is 0 Å². The van der Waals surface area contributed by atoms with Gasteiger partial charge in [-0.1, -0.05) is 24.3 Å². The van der Waals surface area contributed by atoms with Crippen LogP contribution >= 0.6 is 0 Å². The lowest BCUT2D eigenvalue weighted by molar-refractivity contribution is -0.274. The predicted molar refractivity (Wildman–Crippen MR) is 131 cm³/mol. The number of likely N-dealkylation sites (tertiary alicyclic amines) is 2. The highest BCUT2D eigenvalue weighted by molar-refractivity contribution is 5.91. The summed E-state index contributed by atoms with van der Waals surface area (Å²) in [6, 6.07) is 12.8. The zero-order valence-corrected chi connectivity index (χ0v) is 20.6. The minimum absolute atomic E-state index is 0.0223. The predicted octanol–water partition coefficient (Wildman–Crippen LogP) is 4.48. The van der Waals surface area contributed by atoms with E-state index in [0.717, 1.165) is 24.0 Å². The van der Waals surface area contributed by atoms with Crippen LogP contribution in [-0.2, 0) is 20.8 Å². The van der Waals surface area contributed by atoms with Gasteiger partial charge < -0.3 is 19.9 Å². The number of likely N-dealkylation sites (N-methyl/N-ethyl adjacent to an activating group) is 1. The van der Waals surface area contributed by atoms with Gasteiger partial charge in [-0.15, -0.1) is 13.2 Å². The Morgan fingerprint density at radius 1 is 1.00 bits per heavy atom. The second-order valence-electron chi connectivity index (χ2n) is 9.52. The summed E-state index contributed by atoms with van der Waals surface area (Å²) in [4.78, 5) is 40.3. The molecule has 0 unspecified atom stereocenters. The summed E-state index contributed by atoms with van der Waals surface area (Å²) >= 11 is 0. The number of carbonyl (C=O) groups is 3. The van der Waals surface area contributed by atoms with Gasteiger partial charge in [0.15, 0.2) is 0 Å². The maximum atomic E-state index is 12.8. The summed E-state index contributed by atoms with van der Waals surface area (Å²) in [5.41, 5.74) is 2.56. The van der Waals surface area contributed by atoms with E-state index >= 15 is 0 Å². The highest BCUT2D eigenvalue weighted by Crippen LogP contribution is 2.30. The minimum atomic E-state index is -4.73. The highest BCUT2D eigenvalue weighted by Gasteiger charge is 2.37. The minimum Gasteiger partial charge on any atom is -0.406 e. The number of hydrogen-bond donors (Lipinski definition) is 1. The van der Waals surface area contributed by atoms with Crippen LogP contribution < -0.4 is 10.1 Å². The Morgan fingerprint density at radius 3 is 2.22 bits per heavy atom. The fourth-order valence-corrected chi connectivity index (χ4v) is 4.91. The van der Waals surface area contributed by atoms with Crippen molar-refractivity contribution in [2.24, 2.45) is 0 Å². The number of rotatable bonds is 7. The second kappa shape index (κ2) is 11.2. The molecule has 10 heteroatoms. The van der Waals surface area contributed by atoms with Crippen LogP contribution in [0.15, 0.2) is 48.5 Å². The van der Waals surface area contributed by atoms with E-state index in [1.54, 1.807) is 11.9 Å². The summed E-state index contributed by atoms with van der Waals surface area (Å²) in [6.07, 6.45) is -1.45. The average Bonchev–Trinajstić information content (AvgIpc) is 3.21. The Labute approximate surface area is 213 Å². The quantitative estimate of drug-likeness (QED) is 0.587. The Bertz CT molecular complexity index is 1110. The molecule has 1 N–H and O–H groups in total. The smallest absolute Gasteiger partial charge is 0.406 e. The third-order valence-corrected chi connectivity index (χ3v) is 7.05. The van der Waals surface area contributed by atoms with Gasteiger partial charge in [-0.2, -0.15) is 0 Å². The molecule has 0 aliphatic carbocycles. The average molecular weight is 518 g/mol. The molecule has 198 valence electrons. The number of aryl methyl sites for hydroxylation is 1. The van der Waals surface area contributed by atoms with Crippen LogP contribution in [0.25, 0.3) is 0 Å². The number of hydrogen-bond acceptors (Lipinski definition) is 4. The van der Waals surface area contributed by atoms with E-state index in [1.165, 1.54) is 24.3 Å². The topological polar surface area (TPSA) is 79.0 Å². The monoisotopic (exact) mass is 517 g/mol. The Morgan fingerprint density at radius 2 is 1.65 bits per heavy atom. The van der Waals surface area contributed by atoms with Gasteiger partial charge in [0, 0.05) is 38.7 Å². The van der Waals surface area contributed by atoms with Crippen LogP contribution in [0, 0.1) is 0 Å². The first-order valence-corrected chi connectivity index (χ1v) is 12.4. The van der Waals surface area contributed by atoms with Crippen molar-refractivity contribution < 1.29 is 32.3 Å². The molecular weight excluding hydrogens is 487 g/mol. The van der Waals surface area contributed by atoms with Gasteiger partial charge >= 0.3 is 6.36 Å². The van der Waals surface area contributed by atoms with E-state index in [2.05, 4.69) is 10.1 Å². The molecule has 2 heterocycles. The van der Waals surface area contributed by atoms with Gasteiger partial charge in [0.1, 0.15) is 11.8 Å². The van der Waals surface area contributed by atoms with Crippen molar-refractivity contribution in [3.8, 4) is 5.75 Å². The molecule has 0 saturated carbocycles. The molecule has 2 fully saturated rings. The molecule has 2 aliphatic rings. The van der Waals surface area contributed by atoms with Gasteiger partial charge in [0.05, 0.1) is 0 Å². The van der Waals surface area contributed by atoms with Crippen molar-refractivity contribution >= 4 is 23.4 Å². The Hall–Kier alpha value is -3.56. The van der Waals surface area contributed by atoms with Crippen LogP contribution in [0.1, 0.15) is 49.1 Å². The Balaban J connectivity index is 1.21. The first kappa shape index (κ1) is 26.5. The number of alkyl halides is 3. The second-order valence-corrected chi connectivity index (χ2v) is 9.52. The van der Waals surface area contributed by atoms with Crippen LogP contribution in [-0.4, -0.2) is 60.1 Å². The third-order valence-electron chi connectivity index (χ3n) is 7.05. The molecule has 0 bridgehead atoms. The summed E-state index contributed by atoms with van der Waals surface area (Å²) in [5.74, 6) is -0.105. The fourth-order valence-electron chi connectivity index (χ4n) is 4.91. The molecule has 0 spiro atoms. The summed E-state index contributed by atoms with van der Waals surface area (Å²) < 4.78 is 40.6. The number of ether oxygens (including phenoxy) is 1. The first-order valence-electron chi connectivity index (χ1n) is 12.4. The molecule has 1 atom stereocenters. The van der Waals surface area contributed by atoms with Crippen LogP contribution in [0.3, 0.4) is 0 Å². The van der Waals surface area contributed by atoms with E-state index < -0.39 is 6.36 Å². The lowest BCUT2D eigenvalue weighted by atomic mass is 9.89. The van der Waals surface area contributed by atoms with Gasteiger partial charge in [0.2, 0.25) is 17.7 Å². The number of carbonyl (C=O) groups excluding carboxylic acids is 3. The van der Waals surface area contributed by atoms with Gasteiger partial charge in [-0.3, -0.25) is 14.4 Å². The number of piperidine rings is 1. The maximum absolute atomic E-state index is 12.8. The van der Waals surface area contributed by atoms with Crippen molar-refractivity contribution in [1.29, 1.82) is 0 Å². The van der Waals surface area contributed by atoms with Crippen LogP contribution in [0.2, 0.25) is 0 Å². The van der Waals surface area contributed by atoms with Crippen molar-refractivity contribution in [2.75, 3.05) is 25.5 Å². The fraction of sp³-hybridized carbons (Fsp3) is 0.444. The van der Waals surface area contributed by atoms with Gasteiger partial charge in [-0.05, 0) is 67.0 Å². The molecule has 2 aromatic rings. The number of anilines is 1. The van der Waals surface area contributed by atoms with Gasteiger partial charge in [-0.25, -0.2) is 0 Å². The van der Waals surface area contributed by atoms with E-state index in [0.29, 0.717) is 44.0 Å². The molecular formula is C27H30F3N3O4. The zero-order valence-electron chi connectivity index (χ0n) is 20.6. The van der Waals surface area contributed by atoms with E-state index in [-0.39, 0.29) is 35.9 Å². The number of nitrogens with zero attached hydrogens (tertiary/aromatic N) is 2. The molecule has 2 aromatic carbocycles. The van der Waals surface area contributed by atoms with Crippen molar-refractivity contribution in [3.05, 3.63) is 59.7 Å². The van der Waals surface area contributed by atoms with Gasteiger partial charge in [0.25, 0.3) is 0 Å². The summed E-state index contributed by atoms with van der Waals surface area (Å²) in [6.45, 7) is 1.31. The molecule has 0 aromatic heterocycles. The molecule has 4 rings (SSSR count). The first-order chi connectivity index (χ1) is 17.6. The van der Waals surface area contributed by atoms with Crippen molar-refractivity contribution in [1.82, 2.24) is 9.80 Å². The highest BCUT2D eigenvalue weighted by atomic mass is 19.4. The van der Waals surface area contributed by atoms with Crippen molar-refractivity contribution in [3.63, 3.8) is 0 Å². The zero-order chi connectivity index (χ0) is 26.6. The van der Waals surface area contributed by atoms with E-state index in [9.17, 15) is 27.6 Å². The normalized spacial score (nSPS) is 18.7. The number of halogens is 3. The maximum Gasteiger partial charge on any atom is 0.573 e. The number of amides is 3. The van der Waals surface area contributed by atoms with Crippen LogP contribution in [0.4, 0.5) is 18.9 Å². The lowest BCUT2D eigenvalue weighted by Crippen LogP contribution is -2.47. The molecule has 7 nitrogen and oxygen atoms in total. The molecule has 2 aliphatic heterocycles. The van der Waals surface area contributed by atoms with Crippen molar-refractivity contribution in [2.45, 2.75) is 56.8 Å². The number of benzene rings is 2. The number of nitrogens with one attached hydrogen (secondary N) is 1. The molecule has 37 heavy (non-hydrogen) atoms. The molecule has 2 saturated heterocycles. The largest absolute Gasteiger partial charge is 0.573 e. The molecule has 0 radical (unpaired) electrons. The SMILES string of the molecule is CN1C(=O)CC[C@H]1C(=O)N1CCC(c2ccc(NC(=O)CCc3ccc(OC(F)(F)F)cc3)cc2)CC1. The Kier molecular flexibility index (Phi) is 8.04. The molecule has 3 amide bonds. The lowest BCUT2D eigenvalue weighted by Gasteiger charge is -2.35. The third kappa shape index (κ3) is 7.02. The van der Waals surface area contributed by atoms with E-state index in [1.807, 2.05) is 29.2 Å².